The number of hydrogen-bond donors (Lipinski definition) is 3. The summed E-state index contributed by atoms with van der Waals surface area (Å²) in [5.41, 5.74) is 5.21. The van der Waals surface area contributed by atoms with Crippen LogP contribution in [0.15, 0.2) is 16.8 Å². The Balaban J connectivity index is 0.00000212. The fraction of sp³-hybridized carbons (Fsp3) is 0.667. The minimum absolute atomic E-state index is 0.112. The van der Waals surface area contributed by atoms with Crippen molar-refractivity contribution < 1.29 is 62.5 Å². The summed E-state index contributed by atoms with van der Waals surface area (Å²) in [6.45, 7) is 4.45. The van der Waals surface area contributed by atoms with Gasteiger partial charge in [-0.25, -0.2) is 9.59 Å². The SMILES string of the molecule is CCOC(=O)OC(C)OC(=O)C(NC(=O)C(CSSCC([NH3+])CCSC)Cc1ccsc1)C(C)O.O=C([O-])C(F)(F)F. The van der Waals surface area contributed by atoms with E-state index in [2.05, 4.69) is 22.0 Å². The topological polar surface area (TPSA) is 179 Å². The number of carbonyl (C=O) groups excluding carboxylic acids is 4. The van der Waals surface area contributed by atoms with Crippen LogP contribution in [0.1, 0.15) is 32.8 Å². The van der Waals surface area contributed by atoms with Crippen molar-refractivity contribution in [1.29, 1.82) is 0 Å². The fourth-order valence-corrected chi connectivity index (χ4v) is 6.64. The summed E-state index contributed by atoms with van der Waals surface area (Å²) < 4.78 is 46.1. The van der Waals surface area contributed by atoms with Crippen molar-refractivity contribution in [3.05, 3.63) is 22.4 Å². The number of aliphatic carboxylic acids is 1. The van der Waals surface area contributed by atoms with Crippen molar-refractivity contribution in [3.63, 3.8) is 0 Å². The first-order chi connectivity index (χ1) is 19.6. The van der Waals surface area contributed by atoms with Crippen LogP contribution >= 0.6 is 44.7 Å². The summed E-state index contributed by atoms with van der Waals surface area (Å²) in [7, 11) is 3.29. The van der Waals surface area contributed by atoms with Gasteiger partial charge in [-0.3, -0.25) is 4.79 Å². The molecule has 5 atom stereocenters. The molecule has 0 fully saturated rings. The molecule has 1 aromatic heterocycles. The number of quaternary nitrogens is 1. The van der Waals surface area contributed by atoms with Crippen molar-refractivity contribution in [2.45, 2.75) is 64.3 Å². The Labute approximate surface area is 258 Å². The molecule has 1 rings (SSSR count). The zero-order valence-corrected chi connectivity index (χ0v) is 26.8. The number of alkyl halides is 3. The van der Waals surface area contributed by atoms with Crippen LogP contribution in [0, 0.1) is 5.92 Å². The van der Waals surface area contributed by atoms with Gasteiger partial charge in [0.25, 0.3) is 0 Å². The van der Waals surface area contributed by atoms with Crippen LogP contribution in [-0.2, 0) is 35.0 Å². The number of esters is 1. The van der Waals surface area contributed by atoms with E-state index in [4.69, 9.17) is 19.4 Å². The zero-order chi connectivity index (χ0) is 32.3. The summed E-state index contributed by atoms with van der Waals surface area (Å²) in [6, 6.07) is 0.998. The van der Waals surface area contributed by atoms with Crippen LogP contribution in [0.25, 0.3) is 0 Å². The highest BCUT2D eigenvalue weighted by Gasteiger charge is 2.32. The number of thioether (sulfide) groups is 1. The Morgan fingerprint density at radius 3 is 2.29 bits per heavy atom. The quantitative estimate of drug-likeness (QED) is 0.0942. The lowest BCUT2D eigenvalue weighted by Crippen LogP contribution is -2.62. The highest BCUT2D eigenvalue weighted by atomic mass is 33.1. The van der Waals surface area contributed by atoms with Crippen molar-refractivity contribution >= 4 is 68.7 Å². The number of amides is 1. The average molecular weight is 683 g/mol. The third-order valence-corrected chi connectivity index (χ3v) is 8.90. The average Bonchev–Trinajstić information content (AvgIpc) is 3.40. The Morgan fingerprint density at radius 2 is 1.79 bits per heavy atom. The molecule has 5 N–H and O–H groups in total. The van der Waals surface area contributed by atoms with Crippen LogP contribution < -0.4 is 16.2 Å². The van der Waals surface area contributed by atoms with Crippen molar-refractivity contribution in [1.82, 2.24) is 5.32 Å². The molecule has 42 heavy (non-hydrogen) atoms. The second-order valence-electron chi connectivity index (χ2n) is 8.57. The maximum Gasteiger partial charge on any atom is 0.511 e. The summed E-state index contributed by atoms with van der Waals surface area (Å²) in [6.07, 6.45) is -5.00. The van der Waals surface area contributed by atoms with E-state index in [0.717, 1.165) is 23.5 Å². The van der Waals surface area contributed by atoms with Gasteiger partial charge in [0.1, 0.15) is 5.97 Å². The minimum Gasteiger partial charge on any atom is -0.542 e. The Morgan fingerprint density at radius 1 is 1.17 bits per heavy atom. The van der Waals surface area contributed by atoms with Gasteiger partial charge < -0.3 is 40.3 Å². The number of aliphatic hydroxyl groups is 1. The third kappa shape index (κ3) is 18.6. The summed E-state index contributed by atoms with van der Waals surface area (Å²) in [5, 5.41) is 25.5. The fourth-order valence-electron chi connectivity index (χ4n) is 2.76. The molecule has 242 valence electrons. The highest BCUT2D eigenvalue weighted by molar-refractivity contribution is 8.76. The molecule has 0 spiro atoms. The van der Waals surface area contributed by atoms with Gasteiger partial charge in [0, 0.05) is 19.1 Å². The number of carboxylic acids is 1. The number of carboxylic acid groups (broad SMARTS) is 1. The van der Waals surface area contributed by atoms with E-state index in [-0.39, 0.29) is 12.5 Å². The number of halogens is 3. The van der Waals surface area contributed by atoms with Gasteiger partial charge in [0.15, 0.2) is 6.04 Å². The molecule has 18 heteroatoms. The lowest BCUT2D eigenvalue weighted by molar-refractivity contribution is -0.412. The first-order valence-electron chi connectivity index (χ1n) is 12.5. The van der Waals surface area contributed by atoms with Crippen LogP contribution in [-0.4, -0.2) is 89.9 Å². The number of rotatable bonds is 17. The molecule has 0 radical (unpaired) electrons. The summed E-state index contributed by atoms with van der Waals surface area (Å²) in [5.74, 6) is -2.20. The van der Waals surface area contributed by atoms with Crippen molar-refractivity contribution in [3.8, 4) is 0 Å². The van der Waals surface area contributed by atoms with E-state index in [1.54, 1.807) is 51.6 Å². The Kier molecular flexibility index (Phi) is 20.8. The number of nitrogens with one attached hydrogen (secondary N) is 1. The van der Waals surface area contributed by atoms with Gasteiger partial charge in [-0.15, -0.1) is 0 Å². The lowest BCUT2D eigenvalue weighted by Gasteiger charge is -2.24. The van der Waals surface area contributed by atoms with Gasteiger partial charge in [-0.1, -0.05) is 21.6 Å². The largest absolute Gasteiger partial charge is 0.542 e. The van der Waals surface area contributed by atoms with E-state index in [1.165, 1.54) is 13.8 Å². The zero-order valence-electron chi connectivity index (χ0n) is 23.5. The Bertz CT molecular complexity index is 941. The molecule has 0 aliphatic heterocycles. The smallest absolute Gasteiger partial charge is 0.511 e. The van der Waals surface area contributed by atoms with E-state index in [9.17, 15) is 32.7 Å². The molecule has 0 aliphatic carbocycles. The normalized spacial score (nSPS) is 14.7. The molecular formula is C24H37F3N2O9S4. The van der Waals surface area contributed by atoms with Gasteiger partial charge in [0.2, 0.25) is 12.2 Å². The summed E-state index contributed by atoms with van der Waals surface area (Å²) >= 11 is 3.35. The molecule has 0 saturated carbocycles. The standard InChI is InChI=1S/C22H36N2O7S4.C2HF3O2/c1-5-29-22(28)31-15(3)30-21(27)19(14(2)25)24-20(26)17(10-16-6-9-33-11-16)12-34-35-13-18(23)7-8-32-4;3-2(4,5)1(6)7/h6,9,11,14-15,17-19,25H,5,7-8,10,12-13,23H2,1-4H3,(H,24,26);(H,6,7). The van der Waals surface area contributed by atoms with Gasteiger partial charge in [-0.2, -0.15) is 36.3 Å². The number of thiophene rings is 1. The second kappa shape index (κ2) is 21.8. The number of carbonyl (C=O) groups is 4. The molecule has 0 aliphatic rings. The number of ether oxygens (including phenoxy) is 3. The van der Waals surface area contributed by atoms with Crippen LogP contribution in [0.2, 0.25) is 0 Å². The predicted molar refractivity (Wildman–Crippen MR) is 154 cm³/mol. The molecule has 0 saturated heterocycles. The molecule has 1 amide bonds. The molecule has 0 bridgehead atoms. The van der Waals surface area contributed by atoms with Crippen LogP contribution in [0.5, 0.6) is 0 Å². The molecule has 11 nitrogen and oxygen atoms in total. The van der Waals surface area contributed by atoms with Crippen LogP contribution in [0.3, 0.4) is 0 Å². The maximum absolute atomic E-state index is 13.1. The van der Waals surface area contributed by atoms with E-state index < -0.39 is 48.6 Å². The van der Waals surface area contributed by atoms with Gasteiger partial charge in [-0.05, 0) is 54.7 Å². The highest BCUT2D eigenvalue weighted by Crippen LogP contribution is 2.27. The Hall–Kier alpha value is -1.86. The lowest BCUT2D eigenvalue weighted by atomic mass is 10.0. The van der Waals surface area contributed by atoms with Gasteiger partial charge in [0.05, 0.1) is 30.4 Å². The first-order valence-corrected chi connectivity index (χ1v) is 17.3. The number of hydrogen-bond acceptors (Lipinski definition) is 13. The molecule has 1 aromatic rings. The van der Waals surface area contributed by atoms with E-state index in [1.807, 2.05) is 16.8 Å². The third-order valence-electron chi connectivity index (χ3n) is 4.89. The molecule has 1 heterocycles. The minimum atomic E-state index is -5.19. The molecule has 5 unspecified atom stereocenters. The van der Waals surface area contributed by atoms with E-state index >= 15 is 0 Å². The van der Waals surface area contributed by atoms with E-state index in [0.29, 0.717) is 18.2 Å². The second-order valence-corrected chi connectivity index (χ2v) is 12.9. The maximum atomic E-state index is 13.1. The first kappa shape index (κ1) is 40.1. The van der Waals surface area contributed by atoms with Crippen LogP contribution in [0.4, 0.5) is 18.0 Å². The monoisotopic (exact) mass is 682 g/mol. The molecule has 0 aromatic carbocycles. The van der Waals surface area contributed by atoms with Crippen molar-refractivity contribution in [2.24, 2.45) is 5.92 Å². The van der Waals surface area contributed by atoms with Crippen molar-refractivity contribution in [2.75, 3.05) is 30.1 Å². The molecular weight excluding hydrogens is 646 g/mol. The summed E-state index contributed by atoms with van der Waals surface area (Å²) in [4.78, 5) is 45.9. The van der Waals surface area contributed by atoms with Gasteiger partial charge >= 0.3 is 18.3 Å². The number of aliphatic hydroxyl groups excluding tert-OH is 1. The predicted octanol–water partition coefficient (Wildman–Crippen LogP) is 1.88.